The van der Waals surface area contributed by atoms with Crippen molar-refractivity contribution in [1.82, 2.24) is 4.31 Å². The van der Waals surface area contributed by atoms with Crippen LogP contribution in [-0.4, -0.2) is 38.4 Å². The highest BCUT2D eigenvalue weighted by atomic mass is 32.2. The summed E-state index contributed by atoms with van der Waals surface area (Å²) in [4.78, 5) is 23.4. The molecular formula is C14H19NO4S. The third kappa shape index (κ3) is 3.98. The predicted molar refractivity (Wildman–Crippen MR) is 76.2 cm³/mol. The lowest BCUT2D eigenvalue weighted by Crippen LogP contribution is -2.22. The maximum Gasteiger partial charge on any atom is 0.242 e. The molecule has 0 bridgehead atoms. The van der Waals surface area contributed by atoms with Crippen molar-refractivity contribution in [2.24, 2.45) is 0 Å². The molecule has 0 unspecified atom stereocenters. The minimum Gasteiger partial charge on any atom is -0.299 e. The van der Waals surface area contributed by atoms with Crippen LogP contribution in [0.1, 0.15) is 36.5 Å². The first-order chi connectivity index (χ1) is 9.28. The first-order valence-electron chi connectivity index (χ1n) is 6.36. The molecule has 1 rings (SSSR count). The molecule has 110 valence electrons. The summed E-state index contributed by atoms with van der Waals surface area (Å²) in [6, 6.07) is 5.65. The first-order valence-corrected chi connectivity index (χ1v) is 7.80. The molecule has 0 radical (unpaired) electrons. The number of carbonyl (C=O) groups excluding carboxylic acids is 2. The largest absolute Gasteiger partial charge is 0.299 e. The predicted octanol–water partition coefficient (Wildman–Crippen LogP) is 1.88. The van der Waals surface area contributed by atoms with E-state index in [-0.39, 0.29) is 22.9 Å². The topological polar surface area (TPSA) is 71.5 Å². The van der Waals surface area contributed by atoms with Gasteiger partial charge in [-0.2, -0.15) is 0 Å². The summed E-state index contributed by atoms with van der Waals surface area (Å²) in [7, 11) is -0.611. The minimum absolute atomic E-state index is 0.0949. The van der Waals surface area contributed by atoms with E-state index in [0.717, 1.165) is 4.31 Å². The number of carbonyl (C=O) groups is 2. The van der Waals surface area contributed by atoms with Gasteiger partial charge in [-0.25, -0.2) is 12.7 Å². The van der Waals surface area contributed by atoms with Crippen molar-refractivity contribution in [2.75, 3.05) is 14.1 Å². The van der Waals surface area contributed by atoms with Crippen LogP contribution in [0.25, 0.3) is 0 Å². The van der Waals surface area contributed by atoms with E-state index < -0.39 is 10.0 Å². The van der Waals surface area contributed by atoms with E-state index in [2.05, 4.69) is 0 Å². The van der Waals surface area contributed by atoms with E-state index in [1.54, 1.807) is 0 Å². The molecule has 0 fully saturated rings. The van der Waals surface area contributed by atoms with E-state index in [0.29, 0.717) is 18.4 Å². The summed E-state index contributed by atoms with van der Waals surface area (Å²) in [6.45, 7) is 1.88. The number of rotatable bonds is 7. The molecule has 0 aliphatic carbocycles. The zero-order chi connectivity index (χ0) is 15.3. The Morgan fingerprint density at radius 1 is 1.10 bits per heavy atom. The Morgan fingerprint density at radius 2 is 1.65 bits per heavy atom. The molecule has 0 saturated carbocycles. The van der Waals surface area contributed by atoms with Crippen LogP contribution in [0.3, 0.4) is 0 Å². The van der Waals surface area contributed by atoms with Crippen molar-refractivity contribution in [1.29, 1.82) is 0 Å². The standard InChI is InChI=1S/C14H19NO4S/c1-4-5-12(16)10-14(17)11-6-8-13(9-7-11)20(18,19)15(2)3/h6-9H,4-5,10H2,1-3H3. The summed E-state index contributed by atoms with van der Waals surface area (Å²) in [6.07, 6.45) is 0.971. The third-order valence-electron chi connectivity index (χ3n) is 2.84. The van der Waals surface area contributed by atoms with E-state index >= 15 is 0 Å². The van der Waals surface area contributed by atoms with Crippen molar-refractivity contribution in [3.63, 3.8) is 0 Å². The van der Waals surface area contributed by atoms with E-state index in [1.807, 2.05) is 6.92 Å². The highest BCUT2D eigenvalue weighted by Crippen LogP contribution is 2.15. The number of hydrogen-bond donors (Lipinski definition) is 0. The summed E-state index contributed by atoms with van der Waals surface area (Å²) < 4.78 is 24.8. The van der Waals surface area contributed by atoms with Crippen LogP contribution in [0, 0.1) is 0 Å². The fourth-order valence-corrected chi connectivity index (χ4v) is 2.57. The summed E-state index contributed by atoms with van der Waals surface area (Å²) in [5, 5.41) is 0. The zero-order valence-electron chi connectivity index (χ0n) is 11.9. The van der Waals surface area contributed by atoms with Gasteiger partial charge in [0, 0.05) is 26.1 Å². The van der Waals surface area contributed by atoms with Crippen molar-refractivity contribution < 1.29 is 18.0 Å². The minimum atomic E-state index is -3.50. The number of benzene rings is 1. The summed E-state index contributed by atoms with van der Waals surface area (Å²) in [5.41, 5.74) is 0.354. The molecule has 0 aromatic heterocycles. The Kier molecular flexibility index (Phi) is 5.59. The van der Waals surface area contributed by atoms with Gasteiger partial charge in [-0.3, -0.25) is 9.59 Å². The molecule has 0 saturated heterocycles. The van der Waals surface area contributed by atoms with Gasteiger partial charge in [-0.1, -0.05) is 19.1 Å². The van der Waals surface area contributed by atoms with Crippen LogP contribution in [0.2, 0.25) is 0 Å². The Balaban J connectivity index is 2.87. The average molecular weight is 297 g/mol. The van der Waals surface area contributed by atoms with Crippen molar-refractivity contribution >= 4 is 21.6 Å². The van der Waals surface area contributed by atoms with Gasteiger partial charge in [-0.05, 0) is 18.6 Å². The molecule has 0 heterocycles. The van der Waals surface area contributed by atoms with Crippen LogP contribution in [0.4, 0.5) is 0 Å². The molecule has 0 atom stereocenters. The van der Waals surface area contributed by atoms with Crippen molar-refractivity contribution in [3.05, 3.63) is 29.8 Å². The molecule has 0 aliphatic rings. The lowest BCUT2D eigenvalue weighted by Gasteiger charge is -2.11. The van der Waals surface area contributed by atoms with E-state index in [4.69, 9.17) is 0 Å². The fourth-order valence-electron chi connectivity index (χ4n) is 1.67. The van der Waals surface area contributed by atoms with Gasteiger partial charge >= 0.3 is 0 Å². The normalized spacial score (nSPS) is 11.6. The molecule has 1 aromatic rings. The maximum atomic E-state index is 11.9. The number of ketones is 2. The molecule has 6 heteroatoms. The molecule has 0 amide bonds. The van der Waals surface area contributed by atoms with Crippen molar-refractivity contribution in [2.45, 2.75) is 31.1 Å². The molecule has 0 spiro atoms. The molecule has 5 nitrogen and oxygen atoms in total. The van der Waals surface area contributed by atoms with Crippen LogP contribution in [0.15, 0.2) is 29.2 Å². The van der Waals surface area contributed by atoms with Gasteiger partial charge in [0.1, 0.15) is 5.78 Å². The Hall–Kier alpha value is -1.53. The van der Waals surface area contributed by atoms with Crippen LogP contribution in [0.5, 0.6) is 0 Å². The number of nitrogens with zero attached hydrogens (tertiary/aromatic N) is 1. The second kappa shape index (κ2) is 6.76. The average Bonchev–Trinajstić information content (AvgIpc) is 2.38. The van der Waals surface area contributed by atoms with Gasteiger partial charge in [0.2, 0.25) is 10.0 Å². The highest BCUT2D eigenvalue weighted by Gasteiger charge is 2.18. The number of sulfonamides is 1. The lowest BCUT2D eigenvalue weighted by molar-refractivity contribution is -0.118. The monoisotopic (exact) mass is 297 g/mol. The first kappa shape index (κ1) is 16.5. The van der Waals surface area contributed by atoms with Crippen molar-refractivity contribution in [3.8, 4) is 0 Å². The molecular weight excluding hydrogens is 278 g/mol. The molecule has 0 aliphatic heterocycles. The quantitative estimate of drug-likeness (QED) is 0.569. The molecule has 0 N–H and O–H groups in total. The second-order valence-corrected chi connectivity index (χ2v) is 6.85. The van der Waals surface area contributed by atoms with Gasteiger partial charge in [-0.15, -0.1) is 0 Å². The fraction of sp³-hybridized carbons (Fsp3) is 0.429. The highest BCUT2D eigenvalue weighted by molar-refractivity contribution is 7.89. The Labute approximate surface area is 119 Å². The second-order valence-electron chi connectivity index (χ2n) is 4.70. The van der Waals surface area contributed by atoms with E-state index in [9.17, 15) is 18.0 Å². The molecule has 20 heavy (non-hydrogen) atoms. The van der Waals surface area contributed by atoms with Crippen LogP contribution < -0.4 is 0 Å². The number of hydrogen-bond acceptors (Lipinski definition) is 4. The summed E-state index contributed by atoms with van der Waals surface area (Å²) >= 11 is 0. The Bertz CT molecular complexity index is 588. The Morgan fingerprint density at radius 3 is 2.10 bits per heavy atom. The zero-order valence-corrected chi connectivity index (χ0v) is 12.7. The smallest absolute Gasteiger partial charge is 0.242 e. The number of Topliss-reactive ketones (excluding diaryl/α,β-unsaturated/α-hetero) is 2. The van der Waals surface area contributed by atoms with Gasteiger partial charge in [0.05, 0.1) is 11.3 Å². The van der Waals surface area contributed by atoms with Gasteiger partial charge < -0.3 is 0 Å². The van der Waals surface area contributed by atoms with Gasteiger partial charge in [0.25, 0.3) is 0 Å². The summed E-state index contributed by atoms with van der Waals surface area (Å²) in [5.74, 6) is -0.375. The lowest BCUT2D eigenvalue weighted by atomic mass is 10.0. The SMILES string of the molecule is CCCC(=O)CC(=O)c1ccc(S(=O)(=O)N(C)C)cc1. The van der Waals surface area contributed by atoms with E-state index in [1.165, 1.54) is 38.4 Å². The van der Waals surface area contributed by atoms with Crippen LogP contribution >= 0.6 is 0 Å². The maximum absolute atomic E-state index is 11.9. The van der Waals surface area contributed by atoms with Crippen LogP contribution in [-0.2, 0) is 14.8 Å². The molecule has 1 aromatic carbocycles. The third-order valence-corrected chi connectivity index (χ3v) is 4.67. The van der Waals surface area contributed by atoms with Gasteiger partial charge in [0.15, 0.2) is 5.78 Å².